The molecule has 0 bridgehead atoms. The molecule has 2 aliphatic rings. The van der Waals surface area contributed by atoms with Crippen LogP contribution in [0.1, 0.15) is 34.3 Å². The van der Waals surface area contributed by atoms with Gasteiger partial charge in [0, 0.05) is 17.8 Å². The Kier molecular flexibility index (Phi) is 3.71. The van der Waals surface area contributed by atoms with Crippen LogP contribution >= 0.6 is 0 Å². The first kappa shape index (κ1) is 15.7. The van der Waals surface area contributed by atoms with Crippen LogP contribution in [-0.2, 0) is 4.79 Å². The maximum absolute atomic E-state index is 12.6. The van der Waals surface area contributed by atoms with Crippen LogP contribution in [0.5, 0.6) is 0 Å². The summed E-state index contributed by atoms with van der Waals surface area (Å²) in [6.07, 6.45) is 1.91. The van der Waals surface area contributed by atoms with E-state index >= 15 is 0 Å². The van der Waals surface area contributed by atoms with Gasteiger partial charge in [-0.15, -0.1) is 0 Å². The Balaban J connectivity index is 1.59. The fourth-order valence-corrected chi connectivity index (χ4v) is 3.59. The molecule has 2 aromatic rings. The Hall–Kier alpha value is -2.82. The van der Waals surface area contributed by atoms with Crippen LogP contribution in [0, 0.1) is 13.8 Å². The number of nitrogens with one attached hydrogen (secondary N) is 2. The third kappa shape index (κ3) is 2.76. The second kappa shape index (κ2) is 5.92. The Morgan fingerprint density at radius 2 is 2.00 bits per heavy atom. The summed E-state index contributed by atoms with van der Waals surface area (Å²) in [5.74, 6) is -0.152. The Morgan fingerprint density at radius 3 is 2.80 bits per heavy atom. The highest BCUT2D eigenvalue weighted by Gasteiger charge is 2.36. The minimum atomic E-state index is -0.177. The van der Waals surface area contributed by atoms with E-state index < -0.39 is 0 Å². The lowest BCUT2D eigenvalue weighted by molar-refractivity contribution is -0.117. The first-order valence-electron chi connectivity index (χ1n) is 8.63. The monoisotopic (exact) mass is 335 g/mol. The zero-order chi connectivity index (χ0) is 17.6. The van der Waals surface area contributed by atoms with Crippen molar-refractivity contribution in [2.75, 3.05) is 22.1 Å². The van der Waals surface area contributed by atoms with Crippen LogP contribution < -0.4 is 15.5 Å². The molecule has 0 aromatic heterocycles. The summed E-state index contributed by atoms with van der Waals surface area (Å²) < 4.78 is 0. The van der Waals surface area contributed by atoms with Crippen LogP contribution in [0.2, 0.25) is 0 Å². The molecule has 4 rings (SSSR count). The van der Waals surface area contributed by atoms with Gasteiger partial charge in [-0.3, -0.25) is 9.59 Å². The van der Waals surface area contributed by atoms with Gasteiger partial charge in [-0.1, -0.05) is 6.07 Å². The quantitative estimate of drug-likeness (QED) is 0.883. The first-order chi connectivity index (χ1) is 12.0. The molecule has 1 saturated heterocycles. The third-order valence-electron chi connectivity index (χ3n) is 5.15. The smallest absolute Gasteiger partial charge is 0.255 e. The molecule has 5 heteroatoms. The van der Waals surface area contributed by atoms with Crippen LogP contribution in [0.3, 0.4) is 0 Å². The molecule has 1 atom stereocenters. The van der Waals surface area contributed by atoms with Gasteiger partial charge in [-0.25, -0.2) is 0 Å². The van der Waals surface area contributed by atoms with Gasteiger partial charge in [0.15, 0.2) is 0 Å². The Morgan fingerprint density at radius 1 is 1.16 bits per heavy atom. The molecule has 2 amide bonds. The van der Waals surface area contributed by atoms with Crippen molar-refractivity contribution in [2.24, 2.45) is 0 Å². The Labute approximate surface area is 147 Å². The van der Waals surface area contributed by atoms with Gasteiger partial charge in [0.1, 0.15) is 6.04 Å². The standard InChI is InChI=1S/C20H21N3O2/c1-12-5-7-15(10-13(12)2)21-19(24)14-6-8-17-16(11-14)22-20(25)18-4-3-9-23(17)18/h5-8,10-11,18H,3-4,9H2,1-2H3,(H,21,24)(H,22,25)/t18-/m1/s1. The van der Waals surface area contributed by atoms with Crippen LogP contribution in [0.25, 0.3) is 0 Å². The maximum atomic E-state index is 12.6. The molecular weight excluding hydrogens is 314 g/mol. The fraction of sp³-hybridized carbons (Fsp3) is 0.300. The SMILES string of the molecule is Cc1ccc(NC(=O)c2ccc3c(c2)NC(=O)[C@H]2CCCN32)cc1C. The number of benzene rings is 2. The number of amides is 2. The van der Waals surface area contributed by atoms with Crippen molar-refractivity contribution < 1.29 is 9.59 Å². The second-order valence-corrected chi connectivity index (χ2v) is 6.83. The number of aryl methyl sites for hydroxylation is 2. The molecule has 5 nitrogen and oxygen atoms in total. The number of fused-ring (bicyclic) bond motifs is 3. The van der Waals surface area contributed by atoms with Gasteiger partial charge in [-0.05, 0) is 68.1 Å². The number of hydrogen-bond acceptors (Lipinski definition) is 3. The zero-order valence-corrected chi connectivity index (χ0v) is 14.4. The van der Waals surface area contributed by atoms with Gasteiger partial charge < -0.3 is 15.5 Å². The molecular formula is C20H21N3O2. The maximum Gasteiger partial charge on any atom is 0.255 e. The molecule has 2 N–H and O–H groups in total. The molecule has 0 saturated carbocycles. The topological polar surface area (TPSA) is 61.4 Å². The number of nitrogens with zero attached hydrogens (tertiary/aromatic N) is 1. The molecule has 0 unspecified atom stereocenters. The minimum Gasteiger partial charge on any atom is -0.358 e. The van der Waals surface area contributed by atoms with E-state index in [1.165, 1.54) is 5.56 Å². The molecule has 0 spiro atoms. The van der Waals surface area contributed by atoms with Crippen molar-refractivity contribution in [1.29, 1.82) is 0 Å². The first-order valence-corrected chi connectivity index (χ1v) is 8.63. The van der Waals surface area contributed by atoms with Crippen molar-refractivity contribution >= 4 is 28.9 Å². The van der Waals surface area contributed by atoms with Crippen molar-refractivity contribution in [1.82, 2.24) is 0 Å². The minimum absolute atomic E-state index is 0.0247. The van der Waals surface area contributed by atoms with Crippen molar-refractivity contribution in [3.05, 3.63) is 53.1 Å². The second-order valence-electron chi connectivity index (χ2n) is 6.83. The largest absolute Gasteiger partial charge is 0.358 e. The summed E-state index contributed by atoms with van der Waals surface area (Å²) >= 11 is 0. The normalized spacial score (nSPS) is 18.4. The predicted molar refractivity (Wildman–Crippen MR) is 99.3 cm³/mol. The van der Waals surface area contributed by atoms with Crippen LogP contribution in [-0.4, -0.2) is 24.4 Å². The molecule has 0 radical (unpaired) electrons. The fourth-order valence-electron chi connectivity index (χ4n) is 3.59. The van der Waals surface area contributed by atoms with Crippen molar-refractivity contribution in [3.8, 4) is 0 Å². The number of carbonyl (C=O) groups is 2. The molecule has 128 valence electrons. The van der Waals surface area contributed by atoms with E-state index in [2.05, 4.69) is 15.5 Å². The highest BCUT2D eigenvalue weighted by atomic mass is 16.2. The summed E-state index contributed by atoms with van der Waals surface area (Å²) in [5, 5.41) is 5.87. The van der Waals surface area contributed by atoms with E-state index in [1.54, 1.807) is 6.07 Å². The zero-order valence-electron chi connectivity index (χ0n) is 14.4. The van der Waals surface area contributed by atoms with Crippen LogP contribution in [0.4, 0.5) is 17.1 Å². The van der Waals surface area contributed by atoms with Crippen LogP contribution in [0.15, 0.2) is 36.4 Å². The van der Waals surface area contributed by atoms with E-state index in [1.807, 2.05) is 44.2 Å². The summed E-state index contributed by atoms with van der Waals surface area (Å²) in [5.41, 5.74) is 5.36. The van der Waals surface area contributed by atoms with Crippen molar-refractivity contribution in [2.45, 2.75) is 32.7 Å². The van der Waals surface area contributed by atoms with Gasteiger partial charge in [0.2, 0.25) is 5.91 Å². The molecule has 25 heavy (non-hydrogen) atoms. The molecule has 1 fully saturated rings. The summed E-state index contributed by atoms with van der Waals surface area (Å²) in [4.78, 5) is 26.9. The molecule has 0 aliphatic carbocycles. The third-order valence-corrected chi connectivity index (χ3v) is 5.15. The number of anilines is 3. The molecule has 2 aliphatic heterocycles. The van der Waals surface area contributed by atoms with Crippen molar-refractivity contribution in [3.63, 3.8) is 0 Å². The number of rotatable bonds is 2. The molecule has 2 aromatic carbocycles. The average Bonchev–Trinajstić information content (AvgIpc) is 3.08. The lowest BCUT2D eigenvalue weighted by Gasteiger charge is -2.33. The van der Waals surface area contributed by atoms with Gasteiger partial charge in [0.05, 0.1) is 11.4 Å². The van der Waals surface area contributed by atoms with E-state index in [-0.39, 0.29) is 17.9 Å². The average molecular weight is 335 g/mol. The number of hydrogen-bond donors (Lipinski definition) is 2. The van der Waals surface area contributed by atoms with Gasteiger partial charge >= 0.3 is 0 Å². The summed E-state index contributed by atoms with van der Waals surface area (Å²) in [6.45, 7) is 4.95. The lowest BCUT2D eigenvalue weighted by Crippen LogP contribution is -2.43. The van der Waals surface area contributed by atoms with E-state index in [4.69, 9.17) is 0 Å². The summed E-state index contributed by atoms with van der Waals surface area (Å²) in [7, 11) is 0. The predicted octanol–water partition coefficient (Wildman–Crippen LogP) is 3.48. The summed E-state index contributed by atoms with van der Waals surface area (Å²) in [6, 6.07) is 11.3. The van der Waals surface area contributed by atoms with Gasteiger partial charge in [0.25, 0.3) is 5.91 Å². The Bertz CT molecular complexity index is 875. The number of carbonyl (C=O) groups excluding carboxylic acids is 2. The van der Waals surface area contributed by atoms with E-state index in [9.17, 15) is 9.59 Å². The lowest BCUT2D eigenvalue weighted by atomic mass is 10.1. The van der Waals surface area contributed by atoms with E-state index in [0.717, 1.165) is 42.0 Å². The highest BCUT2D eigenvalue weighted by Crippen LogP contribution is 2.37. The van der Waals surface area contributed by atoms with E-state index in [0.29, 0.717) is 5.56 Å². The molecule has 2 heterocycles. The van der Waals surface area contributed by atoms with Gasteiger partial charge in [-0.2, -0.15) is 0 Å². The highest BCUT2D eigenvalue weighted by molar-refractivity contribution is 6.08.